The molecule has 3 N–H and O–H groups in total. The Labute approximate surface area is 269 Å². The van der Waals surface area contributed by atoms with Crippen molar-refractivity contribution in [2.24, 2.45) is 5.73 Å². The smallest absolute Gasteiger partial charge is 0.457 e. The van der Waals surface area contributed by atoms with Gasteiger partial charge in [-0.25, -0.2) is 4.57 Å². The number of ether oxygens (including phenoxy) is 2. The van der Waals surface area contributed by atoms with Crippen molar-refractivity contribution in [1.82, 2.24) is 0 Å². The third-order valence-electron chi connectivity index (χ3n) is 6.73. The Hall–Kier alpha value is -1.54. The van der Waals surface area contributed by atoms with Gasteiger partial charge in [0.2, 0.25) is 0 Å². The fraction of sp³-hybridized carbons (Fsp3) is 0.743. The average molecular weight is 642 g/mol. The summed E-state index contributed by atoms with van der Waals surface area (Å²) in [6.45, 7) is 4.67. The van der Waals surface area contributed by atoms with Gasteiger partial charge in [0, 0.05) is 19.6 Å². The summed E-state index contributed by atoms with van der Waals surface area (Å²) in [6.07, 6.45) is 35.5. The van der Waals surface area contributed by atoms with Gasteiger partial charge in [-0.1, -0.05) is 107 Å². The van der Waals surface area contributed by atoms with E-state index in [1.165, 1.54) is 25.7 Å². The quantitative estimate of drug-likeness (QED) is 0.0323. The number of unbranched alkanes of at least 4 members (excludes halogenated alkanes) is 11. The predicted molar refractivity (Wildman–Crippen MR) is 182 cm³/mol. The van der Waals surface area contributed by atoms with Crippen LogP contribution in [0.15, 0.2) is 48.6 Å². The third-order valence-corrected chi connectivity index (χ3v) is 7.71. The number of phosphoric acid groups is 1. The SMILES string of the molecule is CC/C=C\C/C=C\C/C=C\CCCCCCOCC(COP(=O)(O)OCCN)OC(=O)CCCCCCC/C=C\CCCC. The Morgan fingerprint density at radius 3 is 1.93 bits per heavy atom. The predicted octanol–water partition coefficient (Wildman–Crippen LogP) is 9.29. The first-order chi connectivity index (χ1) is 21.4. The van der Waals surface area contributed by atoms with Crippen LogP contribution in [-0.2, 0) is 27.9 Å². The highest BCUT2D eigenvalue weighted by molar-refractivity contribution is 7.47. The lowest BCUT2D eigenvalue weighted by atomic mass is 10.1. The molecule has 0 saturated carbocycles. The Bertz CT molecular complexity index is 813. The van der Waals surface area contributed by atoms with Gasteiger partial charge in [0.1, 0.15) is 6.10 Å². The molecule has 256 valence electrons. The van der Waals surface area contributed by atoms with Crippen LogP contribution < -0.4 is 5.73 Å². The molecule has 0 saturated heterocycles. The van der Waals surface area contributed by atoms with Crippen LogP contribution in [0.5, 0.6) is 0 Å². The van der Waals surface area contributed by atoms with Gasteiger partial charge >= 0.3 is 13.8 Å². The molecule has 0 spiro atoms. The van der Waals surface area contributed by atoms with Crippen molar-refractivity contribution in [1.29, 1.82) is 0 Å². The van der Waals surface area contributed by atoms with Crippen molar-refractivity contribution < 1.29 is 32.8 Å². The maximum Gasteiger partial charge on any atom is 0.472 e. The zero-order valence-electron chi connectivity index (χ0n) is 27.9. The van der Waals surface area contributed by atoms with E-state index < -0.39 is 13.9 Å². The van der Waals surface area contributed by atoms with Crippen LogP contribution in [0.25, 0.3) is 0 Å². The van der Waals surface area contributed by atoms with Crippen LogP contribution in [0.3, 0.4) is 0 Å². The van der Waals surface area contributed by atoms with E-state index in [-0.39, 0.29) is 32.3 Å². The molecule has 9 heteroatoms. The molecule has 0 heterocycles. The van der Waals surface area contributed by atoms with Gasteiger partial charge in [0.05, 0.1) is 19.8 Å². The number of hydrogen-bond acceptors (Lipinski definition) is 7. The minimum Gasteiger partial charge on any atom is -0.457 e. The molecule has 0 aliphatic rings. The molecule has 0 radical (unpaired) electrons. The molecule has 0 fully saturated rings. The van der Waals surface area contributed by atoms with Gasteiger partial charge in [-0.3, -0.25) is 13.8 Å². The van der Waals surface area contributed by atoms with Crippen molar-refractivity contribution in [3.05, 3.63) is 48.6 Å². The summed E-state index contributed by atoms with van der Waals surface area (Å²) < 4.78 is 33.1. The Morgan fingerprint density at radius 2 is 1.27 bits per heavy atom. The topological polar surface area (TPSA) is 117 Å². The lowest BCUT2D eigenvalue weighted by molar-refractivity contribution is -0.154. The van der Waals surface area contributed by atoms with E-state index in [1.54, 1.807) is 0 Å². The van der Waals surface area contributed by atoms with Crippen LogP contribution in [0.1, 0.15) is 129 Å². The average Bonchev–Trinajstić information content (AvgIpc) is 3.01. The highest BCUT2D eigenvalue weighted by Gasteiger charge is 2.25. The summed E-state index contributed by atoms with van der Waals surface area (Å²) in [5.74, 6) is -0.353. The van der Waals surface area contributed by atoms with Crippen molar-refractivity contribution >= 4 is 13.8 Å². The summed E-state index contributed by atoms with van der Waals surface area (Å²) in [6, 6.07) is 0. The molecule has 0 aliphatic heterocycles. The van der Waals surface area contributed by atoms with Crippen molar-refractivity contribution in [2.45, 2.75) is 136 Å². The second-order valence-corrected chi connectivity index (χ2v) is 12.4. The normalized spacial score (nSPS) is 14.4. The highest BCUT2D eigenvalue weighted by Crippen LogP contribution is 2.43. The molecule has 8 nitrogen and oxygen atoms in total. The largest absolute Gasteiger partial charge is 0.472 e. The van der Waals surface area contributed by atoms with E-state index in [9.17, 15) is 14.3 Å². The van der Waals surface area contributed by atoms with Crippen LogP contribution in [0.2, 0.25) is 0 Å². The number of hydrogen-bond donors (Lipinski definition) is 2. The number of esters is 1. The van der Waals surface area contributed by atoms with E-state index in [0.29, 0.717) is 13.0 Å². The van der Waals surface area contributed by atoms with Gasteiger partial charge in [0.15, 0.2) is 0 Å². The Balaban J connectivity index is 4.20. The molecule has 2 unspecified atom stereocenters. The minimum absolute atomic E-state index is 0.0932. The third kappa shape index (κ3) is 31.9. The molecule has 2 atom stereocenters. The van der Waals surface area contributed by atoms with Crippen molar-refractivity contribution in [3.63, 3.8) is 0 Å². The number of nitrogens with two attached hydrogens (primary N) is 1. The second kappa shape index (κ2) is 32.8. The van der Waals surface area contributed by atoms with Crippen LogP contribution in [0, 0.1) is 0 Å². The van der Waals surface area contributed by atoms with E-state index in [0.717, 1.165) is 83.5 Å². The highest BCUT2D eigenvalue weighted by atomic mass is 31.2. The number of allylic oxidation sites excluding steroid dienone is 8. The monoisotopic (exact) mass is 641 g/mol. The molecule has 0 amide bonds. The molecule has 0 aliphatic carbocycles. The van der Waals surface area contributed by atoms with Gasteiger partial charge in [-0.15, -0.1) is 0 Å². The van der Waals surface area contributed by atoms with Gasteiger partial charge in [-0.2, -0.15) is 0 Å². The minimum atomic E-state index is -4.27. The number of carbonyl (C=O) groups is 1. The standard InChI is InChI=1S/C35H64NO7P/c1-3-5-7-9-11-13-15-16-17-19-21-23-25-27-30-40-32-34(33-42-44(38,39)41-31-29-36)43-35(37)28-26-24-22-20-18-14-12-10-8-6-4-2/h5,7,10-13,16-17,34H,3-4,6,8-9,14-15,18-33,36H2,1-2H3,(H,38,39)/b7-5-,12-10-,13-11-,17-16-. The molecule has 44 heavy (non-hydrogen) atoms. The zero-order chi connectivity index (χ0) is 32.4. The lowest BCUT2D eigenvalue weighted by Gasteiger charge is -2.20. The molecule has 0 rings (SSSR count). The molecular weight excluding hydrogens is 577 g/mol. The lowest BCUT2D eigenvalue weighted by Crippen LogP contribution is -2.28. The second-order valence-electron chi connectivity index (χ2n) is 11.0. The molecule has 0 bridgehead atoms. The maximum absolute atomic E-state index is 12.4. The summed E-state index contributed by atoms with van der Waals surface area (Å²) in [7, 11) is -4.27. The molecule has 0 aromatic rings. The summed E-state index contributed by atoms with van der Waals surface area (Å²) in [5, 5.41) is 0. The van der Waals surface area contributed by atoms with Gasteiger partial charge in [-0.05, 0) is 64.2 Å². The maximum atomic E-state index is 12.4. The van der Waals surface area contributed by atoms with E-state index in [2.05, 4.69) is 62.5 Å². The van der Waals surface area contributed by atoms with E-state index in [1.807, 2.05) is 0 Å². The summed E-state index contributed by atoms with van der Waals surface area (Å²) in [4.78, 5) is 22.3. The van der Waals surface area contributed by atoms with Crippen LogP contribution in [0.4, 0.5) is 0 Å². The molecular formula is C35H64NO7P. The summed E-state index contributed by atoms with van der Waals surface area (Å²) >= 11 is 0. The summed E-state index contributed by atoms with van der Waals surface area (Å²) in [5.41, 5.74) is 5.33. The number of phosphoric ester groups is 1. The number of rotatable bonds is 32. The number of carbonyl (C=O) groups excluding carboxylic acids is 1. The first-order valence-corrected chi connectivity index (χ1v) is 18.6. The van der Waals surface area contributed by atoms with Gasteiger partial charge in [0.25, 0.3) is 0 Å². The first-order valence-electron chi connectivity index (χ1n) is 17.1. The van der Waals surface area contributed by atoms with Gasteiger partial charge < -0.3 is 20.1 Å². The molecule has 0 aromatic carbocycles. The van der Waals surface area contributed by atoms with E-state index >= 15 is 0 Å². The van der Waals surface area contributed by atoms with Crippen LogP contribution in [-0.4, -0.2) is 49.9 Å². The molecule has 0 aromatic heterocycles. The fourth-order valence-corrected chi connectivity index (χ4v) is 4.99. The van der Waals surface area contributed by atoms with Crippen LogP contribution >= 0.6 is 7.82 Å². The Kier molecular flexibility index (Phi) is 31.7. The zero-order valence-corrected chi connectivity index (χ0v) is 28.8. The van der Waals surface area contributed by atoms with Crippen molar-refractivity contribution in [2.75, 3.05) is 33.0 Å². The first kappa shape index (κ1) is 42.5. The van der Waals surface area contributed by atoms with Crippen molar-refractivity contribution in [3.8, 4) is 0 Å². The fourth-order valence-electron chi connectivity index (χ4n) is 4.22. The Morgan fingerprint density at radius 1 is 0.705 bits per heavy atom. The van der Waals surface area contributed by atoms with E-state index in [4.69, 9.17) is 24.3 Å².